The normalized spacial score (nSPS) is 17.6. The van der Waals surface area contributed by atoms with Gasteiger partial charge >= 0.3 is 0 Å². The molecule has 1 heterocycles. The van der Waals surface area contributed by atoms with Crippen LogP contribution >= 0.6 is 0 Å². The molecule has 6 heteroatoms. The summed E-state index contributed by atoms with van der Waals surface area (Å²) in [5, 5.41) is 8.85. The Balaban J connectivity index is 1.96. The third-order valence-corrected chi connectivity index (χ3v) is 3.94. The number of hydrogen-bond acceptors (Lipinski definition) is 6. The fourth-order valence-electron chi connectivity index (χ4n) is 2.48. The summed E-state index contributed by atoms with van der Waals surface area (Å²) in [6.07, 6.45) is 5.20. The van der Waals surface area contributed by atoms with Crippen LogP contribution in [0, 0.1) is 18.3 Å². The molecule has 1 aromatic rings. The fraction of sp³-hybridized carbons (Fsp3) is 0.643. The fourth-order valence-corrected chi connectivity index (χ4v) is 2.48. The van der Waals surface area contributed by atoms with E-state index in [0.29, 0.717) is 24.2 Å². The van der Waals surface area contributed by atoms with Crippen molar-refractivity contribution in [2.24, 2.45) is 5.84 Å². The van der Waals surface area contributed by atoms with Gasteiger partial charge in [-0.1, -0.05) is 0 Å². The predicted molar refractivity (Wildman–Crippen MR) is 77.2 cm³/mol. The minimum atomic E-state index is 0.485. The van der Waals surface area contributed by atoms with Crippen LogP contribution in [0.3, 0.4) is 0 Å². The molecule has 0 saturated heterocycles. The van der Waals surface area contributed by atoms with Gasteiger partial charge in [0.2, 0.25) is 0 Å². The second-order valence-corrected chi connectivity index (χ2v) is 5.63. The Kier molecular flexibility index (Phi) is 3.45. The number of hydrazine groups is 1. The quantitative estimate of drug-likeness (QED) is 0.606. The number of nitrogen functional groups attached to an aromatic ring is 1. The smallest absolute Gasteiger partial charge is 0.148 e. The Morgan fingerprint density at radius 3 is 2.65 bits per heavy atom. The molecule has 106 valence electrons. The van der Waals surface area contributed by atoms with Gasteiger partial charge in [0.25, 0.3) is 0 Å². The number of hydrogen-bond donors (Lipinski definition) is 2. The van der Waals surface area contributed by atoms with Crippen molar-refractivity contribution in [1.82, 2.24) is 9.97 Å². The lowest BCUT2D eigenvalue weighted by atomic mass is 10.2. The molecule has 2 aliphatic rings. The van der Waals surface area contributed by atoms with Crippen LogP contribution in [0.2, 0.25) is 0 Å². The van der Waals surface area contributed by atoms with Gasteiger partial charge < -0.3 is 10.3 Å². The van der Waals surface area contributed by atoms with E-state index >= 15 is 0 Å². The third-order valence-electron chi connectivity index (χ3n) is 3.94. The van der Waals surface area contributed by atoms with Crippen LogP contribution in [-0.4, -0.2) is 22.6 Å². The summed E-state index contributed by atoms with van der Waals surface area (Å²) >= 11 is 0. The predicted octanol–water partition coefficient (Wildman–Crippen LogP) is 1.83. The van der Waals surface area contributed by atoms with Gasteiger partial charge in [0, 0.05) is 24.1 Å². The van der Waals surface area contributed by atoms with E-state index in [-0.39, 0.29) is 0 Å². The molecule has 0 amide bonds. The lowest BCUT2D eigenvalue weighted by Gasteiger charge is -2.25. The van der Waals surface area contributed by atoms with E-state index in [4.69, 9.17) is 16.1 Å². The first-order chi connectivity index (χ1) is 9.74. The minimum Gasteiger partial charge on any atom is -0.352 e. The van der Waals surface area contributed by atoms with Crippen molar-refractivity contribution in [2.75, 3.05) is 16.9 Å². The van der Waals surface area contributed by atoms with Crippen LogP contribution < -0.4 is 16.2 Å². The summed E-state index contributed by atoms with van der Waals surface area (Å²) in [7, 11) is 0. The zero-order valence-corrected chi connectivity index (χ0v) is 11.8. The Hall–Kier alpha value is -1.87. The van der Waals surface area contributed by atoms with E-state index < -0.39 is 0 Å². The van der Waals surface area contributed by atoms with Crippen LogP contribution in [-0.2, 0) is 0 Å². The van der Waals surface area contributed by atoms with E-state index in [1.807, 2.05) is 6.92 Å². The second kappa shape index (κ2) is 5.25. The van der Waals surface area contributed by atoms with Gasteiger partial charge in [-0.2, -0.15) is 5.26 Å². The zero-order chi connectivity index (χ0) is 14.1. The third kappa shape index (κ3) is 2.54. The van der Waals surface area contributed by atoms with Crippen molar-refractivity contribution in [3.63, 3.8) is 0 Å². The molecule has 2 fully saturated rings. The van der Waals surface area contributed by atoms with Crippen molar-refractivity contribution < 1.29 is 0 Å². The van der Waals surface area contributed by atoms with E-state index in [9.17, 15) is 0 Å². The molecule has 1 aromatic heterocycles. The number of rotatable bonds is 6. The average Bonchev–Trinajstić information content (AvgIpc) is 3.31. The van der Waals surface area contributed by atoms with Crippen molar-refractivity contribution in [1.29, 1.82) is 5.26 Å². The molecule has 3 N–H and O–H groups in total. The Labute approximate surface area is 119 Å². The first-order valence-corrected chi connectivity index (χ1v) is 7.23. The molecule has 6 nitrogen and oxygen atoms in total. The van der Waals surface area contributed by atoms with Crippen LogP contribution in [0.1, 0.15) is 49.4 Å². The highest BCUT2D eigenvalue weighted by Gasteiger charge is 2.33. The summed E-state index contributed by atoms with van der Waals surface area (Å²) < 4.78 is 0. The maximum atomic E-state index is 8.85. The number of anilines is 2. The van der Waals surface area contributed by atoms with Gasteiger partial charge in [-0.05, 0) is 32.6 Å². The molecule has 0 aliphatic heterocycles. The van der Waals surface area contributed by atoms with Crippen LogP contribution in [0.5, 0.6) is 0 Å². The Morgan fingerprint density at radius 2 is 2.10 bits per heavy atom. The topological polar surface area (TPSA) is 90.9 Å². The number of nitrogens with one attached hydrogen (secondary N) is 1. The molecular formula is C14H20N6. The van der Waals surface area contributed by atoms with Gasteiger partial charge in [-0.3, -0.25) is 0 Å². The molecule has 20 heavy (non-hydrogen) atoms. The zero-order valence-electron chi connectivity index (χ0n) is 11.8. The number of nitrogens with zero attached hydrogens (tertiary/aromatic N) is 4. The van der Waals surface area contributed by atoms with Gasteiger partial charge in [-0.25, -0.2) is 15.8 Å². The van der Waals surface area contributed by atoms with E-state index in [1.54, 1.807) is 0 Å². The standard InChI is InChI=1S/C14H20N6/c1-9-12(19-16)17-13(10-3-4-10)18-14(9)20(8-2-7-15)11-5-6-11/h10-11H,2-6,8,16H2,1H3,(H,17,18,19). The van der Waals surface area contributed by atoms with E-state index in [2.05, 4.69) is 21.4 Å². The molecular weight excluding hydrogens is 252 g/mol. The highest BCUT2D eigenvalue weighted by atomic mass is 15.3. The van der Waals surface area contributed by atoms with E-state index in [0.717, 1.165) is 36.6 Å². The van der Waals surface area contributed by atoms with E-state index in [1.165, 1.54) is 12.8 Å². The first kappa shape index (κ1) is 13.1. The lowest BCUT2D eigenvalue weighted by molar-refractivity contribution is 0.760. The summed E-state index contributed by atoms with van der Waals surface area (Å²) in [4.78, 5) is 11.5. The summed E-state index contributed by atoms with van der Waals surface area (Å²) in [5.41, 5.74) is 3.66. The maximum Gasteiger partial charge on any atom is 0.148 e. The number of nitriles is 1. The summed E-state index contributed by atoms with van der Waals surface area (Å²) in [5.74, 6) is 8.62. The first-order valence-electron chi connectivity index (χ1n) is 7.23. The molecule has 2 aliphatic carbocycles. The summed E-state index contributed by atoms with van der Waals surface area (Å²) in [6, 6.07) is 2.75. The molecule has 0 aromatic carbocycles. The molecule has 0 radical (unpaired) electrons. The Morgan fingerprint density at radius 1 is 1.35 bits per heavy atom. The number of aromatic nitrogens is 2. The van der Waals surface area contributed by atoms with Gasteiger partial charge in [0.05, 0.1) is 12.5 Å². The number of nitrogens with two attached hydrogens (primary N) is 1. The van der Waals surface area contributed by atoms with Crippen molar-refractivity contribution in [3.8, 4) is 6.07 Å². The molecule has 0 unspecified atom stereocenters. The largest absolute Gasteiger partial charge is 0.352 e. The summed E-state index contributed by atoms with van der Waals surface area (Å²) in [6.45, 7) is 2.72. The SMILES string of the molecule is Cc1c(NN)nc(C2CC2)nc1N(CCC#N)C1CC1. The van der Waals surface area contributed by atoms with Crippen LogP contribution in [0.15, 0.2) is 0 Å². The molecule has 0 spiro atoms. The maximum absolute atomic E-state index is 8.85. The second-order valence-electron chi connectivity index (χ2n) is 5.63. The molecule has 0 bridgehead atoms. The van der Waals surface area contributed by atoms with Gasteiger partial charge in [0.15, 0.2) is 0 Å². The van der Waals surface area contributed by atoms with Crippen molar-refractivity contribution in [3.05, 3.63) is 11.4 Å². The lowest BCUT2D eigenvalue weighted by Crippen LogP contribution is -2.29. The Bertz CT molecular complexity index is 541. The van der Waals surface area contributed by atoms with Crippen molar-refractivity contribution >= 4 is 11.6 Å². The van der Waals surface area contributed by atoms with Crippen molar-refractivity contribution in [2.45, 2.75) is 51.0 Å². The minimum absolute atomic E-state index is 0.485. The monoisotopic (exact) mass is 272 g/mol. The molecule has 0 atom stereocenters. The van der Waals surface area contributed by atoms with Gasteiger partial charge in [-0.15, -0.1) is 0 Å². The average molecular weight is 272 g/mol. The molecule has 3 rings (SSSR count). The highest BCUT2D eigenvalue weighted by Crippen LogP contribution is 2.41. The van der Waals surface area contributed by atoms with Crippen LogP contribution in [0.4, 0.5) is 11.6 Å². The van der Waals surface area contributed by atoms with Crippen LogP contribution in [0.25, 0.3) is 0 Å². The highest BCUT2D eigenvalue weighted by molar-refractivity contribution is 5.59. The molecule has 2 saturated carbocycles. The van der Waals surface area contributed by atoms with Gasteiger partial charge in [0.1, 0.15) is 17.5 Å².